The summed E-state index contributed by atoms with van der Waals surface area (Å²) in [5, 5.41) is 20.5. The van der Waals surface area contributed by atoms with E-state index >= 15 is 0 Å². The summed E-state index contributed by atoms with van der Waals surface area (Å²) in [5.41, 5.74) is -2.80. The van der Waals surface area contributed by atoms with Crippen molar-refractivity contribution in [1.29, 1.82) is 0 Å². The number of benzene rings is 1. The summed E-state index contributed by atoms with van der Waals surface area (Å²) in [5.74, 6) is -5.12. The van der Waals surface area contributed by atoms with Crippen LogP contribution in [-0.4, -0.2) is 64.8 Å². The normalized spacial score (nSPS) is 24.9. The van der Waals surface area contributed by atoms with E-state index in [-0.39, 0.29) is 4.57 Å². The minimum Gasteiger partial charge on any atom is -0.387 e. The molecule has 1 fully saturated rings. The topological polar surface area (TPSA) is 198 Å². The van der Waals surface area contributed by atoms with Gasteiger partial charge >= 0.3 is 20.9 Å². The van der Waals surface area contributed by atoms with Crippen LogP contribution in [0, 0.1) is 0 Å². The van der Waals surface area contributed by atoms with Crippen LogP contribution >= 0.6 is 15.2 Å². The summed E-state index contributed by atoms with van der Waals surface area (Å²) in [6, 6.07) is 7.22. The third-order valence-electron chi connectivity index (χ3n) is 5.06. The van der Waals surface area contributed by atoms with Gasteiger partial charge in [0.1, 0.15) is 18.3 Å². The first kappa shape index (κ1) is 27.5. The molecule has 1 aromatic carbocycles. The number of hydrogen-bond acceptors (Lipinski definition) is 8. The Morgan fingerprint density at radius 2 is 1.66 bits per heavy atom. The van der Waals surface area contributed by atoms with Gasteiger partial charge in [-0.2, -0.15) is 8.78 Å². The van der Waals surface area contributed by atoms with Crippen molar-refractivity contribution < 1.29 is 52.1 Å². The van der Waals surface area contributed by atoms with E-state index in [1.54, 1.807) is 0 Å². The highest BCUT2D eigenvalue weighted by Crippen LogP contribution is 2.55. The predicted octanol–water partition coefficient (Wildman–Crippen LogP) is -0.242. The molecule has 1 aliphatic rings. The first-order valence-corrected chi connectivity index (χ1v) is 13.5. The number of alkyl halides is 2. The highest BCUT2D eigenvalue weighted by molar-refractivity contribution is 7.70. The fourth-order valence-corrected chi connectivity index (χ4v) is 5.97. The lowest BCUT2D eigenvalue weighted by Gasteiger charge is -2.21. The van der Waals surface area contributed by atoms with Gasteiger partial charge in [0.2, 0.25) is 0 Å². The molecule has 1 aromatic heterocycles. The SMILES string of the molecule is O=c1ccn([C@@H]2O[C@H](COP(=O)(O)CP(=O)(O)O)C(O)C2O)c(=O)n1CC(F)(F)c1ccccc1. The zero-order chi connectivity index (χ0) is 26.2. The highest BCUT2D eigenvalue weighted by Gasteiger charge is 2.46. The Morgan fingerprint density at radius 1 is 1.03 bits per heavy atom. The second-order valence-electron chi connectivity index (χ2n) is 7.79. The molecule has 2 aromatic rings. The van der Waals surface area contributed by atoms with Crippen LogP contribution in [0.4, 0.5) is 8.78 Å². The first-order valence-electron chi connectivity index (χ1n) is 9.89. The van der Waals surface area contributed by atoms with E-state index in [9.17, 15) is 42.6 Å². The molecule has 0 bridgehead atoms. The van der Waals surface area contributed by atoms with E-state index in [1.165, 1.54) is 18.2 Å². The van der Waals surface area contributed by atoms with Crippen molar-refractivity contribution in [3.8, 4) is 0 Å². The zero-order valence-corrected chi connectivity index (χ0v) is 19.5. The second kappa shape index (κ2) is 10.1. The highest BCUT2D eigenvalue weighted by atomic mass is 31.2. The van der Waals surface area contributed by atoms with E-state index in [0.29, 0.717) is 4.57 Å². The minimum absolute atomic E-state index is 0.223. The van der Waals surface area contributed by atoms with Gasteiger partial charge in [0.15, 0.2) is 12.1 Å². The Balaban J connectivity index is 1.82. The molecular formula is C18H22F2N2O11P2. The van der Waals surface area contributed by atoms with Crippen molar-refractivity contribution in [2.24, 2.45) is 0 Å². The lowest BCUT2D eigenvalue weighted by molar-refractivity contribution is -0.0554. The molecule has 0 radical (unpaired) electrons. The third-order valence-corrected chi connectivity index (χ3v) is 8.52. The molecule has 194 valence electrons. The number of ether oxygens (including phenoxy) is 1. The molecular weight excluding hydrogens is 520 g/mol. The van der Waals surface area contributed by atoms with Gasteiger partial charge in [0.05, 0.1) is 13.2 Å². The van der Waals surface area contributed by atoms with Gasteiger partial charge in [-0.3, -0.25) is 23.1 Å². The summed E-state index contributed by atoms with van der Waals surface area (Å²) >= 11 is 0. The molecule has 17 heteroatoms. The van der Waals surface area contributed by atoms with Crippen molar-refractivity contribution in [2.45, 2.75) is 37.0 Å². The molecule has 1 aliphatic heterocycles. The molecule has 0 amide bonds. The molecule has 2 heterocycles. The number of aliphatic hydroxyl groups is 2. The fourth-order valence-electron chi connectivity index (χ4n) is 3.40. The molecule has 5 atom stereocenters. The number of aromatic nitrogens is 2. The lowest BCUT2D eigenvalue weighted by Crippen LogP contribution is -2.45. The molecule has 1 saturated heterocycles. The summed E-state index contributed by atoms with van der Waals surface area (Å²) < 4.78 is 62.8. The van der Waals surface area contributed by atoms with E-state index in [0.717, 1.165) is 24.4 Å². The maximum Gasteiger partial charge on any atom is 0.340 e. The van der Waals surface area contributed by atoms with E-state index < -0.39 is 81.5 Å². The summed E-state index contributed by atoms with van der Waals surface area (Å²) in [6.07, 6.45) is -6.07. The maximum atomic E-state index is 14.7. The smallest absolute Gasteiger partial charge is 0.340 e. The van der Waals surface area contributed by atoms with Gasteiger partial charge in [-0.15, -0.1) is 0 Å². The number of nitrogens with zero attached hydrogens (tertiary/aromatic N) is 2. The van der Waals surface area contributed by atoms with Gasteiger partial charge in [-0.1, -0.05) is 30.3 Å². The maximum absolute atomic E-state index is 14.7. The third kappa shape index (κ3) is 6.58. The summed E-state index contributed by atoms with van der Waals surface area (Å²) in [6.45, 7) is -2.24. The zero-order valence-electron chi connectivity index (χ0n) is 17.7. The Hall–Kier alpha value is -2.06. The van der Waals surface area contributed by atoms with Gasteiger partial charge < -0.3 is 34.2 Å². The second-order valence-corrected chi connectivity index (χ2v) is 11.8. The van der Waals surface area contributed by atoms with Crippen LogP contribution in [0.25, 0.3) is 0 Å². The Morgan fingerprint density at radius 3 is 2.26 bits per heavy atom. The van der Waals surface area contributed by atoms with Crippen LogP contribution < -0.4 is 11.2 Å². The van der Waals surface area contributed by atoms with Crippen molar-refractivity contribution in [3.63, 3.8) is 0 Å². The van der Waals surface area contributed by atoms with Crippen molar-refractivity contribution in [2.75, 3.05) is 12.5 Å². The van der Waals surface area contributed by atoms with Crippen LogP contribution in [0.2, 0.25) is 0 Å². The van der Waals surface area contributed by atoms with Crippen LogP contribution in [0.5, 0.6) is 0 Å². The average Bonchev–Trinajstić information content (AvgIpc) is 3.03. The lowest BCUT2D eigenvalue weighted by atomic mass is 10.1. The number of aliphatic hydroxyl groups excluding tert-OH is 2. The summed E-state index contributed by atoms with van der Waals surface area (Å²) in [4.78, 5) is 52.2. The van der Waals surface area contributed by atoms with Gasteiger partial charge in [-0.05, 0) is 0 Å². The molecule has 13 nitrogen and oxygen atoms in total. The van der Waals surface area contributed by atoms with Crippen molar-refractivity contribution in [1.82, 2.24) is 9.13 Å². The predicted molar refractivity (Wildman–Crippen MR) is 114 cm³/mol. The van der Waals surface area contributed by atoms with Gasteiger partial charge in [0.25, 0.3) is 11.5 Å². The Bertz CT molecular complexity index is 1260. The van der Waals surface area contributed by atoms with Crippen molar-refractivity contribution in [3.05, 3.63) is 69.0 Å². The van der Waals surface area contributed by atoms with Crippen LogP contribution in [-0.2, 0) is 30.9 Å². The molecule has 5 N–H and O–H groups in total. The van der Waals surface area contributed by atoms with Gasteiger partial charge in [-0.25, -0.2) is 4.79 Å². The first-order chi connectivity index (χ1) is 16.1. The van der Waals surface area contributed by atoms with Crippen LogP contribution in [0.15, 0.2) is 52.2 Å². The summed E-state index contributed by atoms with van der Waals surface area (Å²) in [7, 11) is -9.74. The standard InChI is InChI=1S/C18H22F2N2O11P2/c19-18(20,11-4-2-1-3-5-11)9-22-13(23)6-7-21(17(22)26)16-15(25)14(24)12(33-16)8-32-35(30,31)10-34(27,28)29/h1-7,12,14-16,24-25H,8-10H2,(H,30,31)(H2,27,28,29)/t12-,14?,15?,16-/m1/s1. The molecule has 3 unspecified atom stereocenters. The average molecular weight is 542 g/mol. The van der Waals surface area contributed by atoms with Gasteiger partial charge in [0, 0.05) is 17.8 Å². The number of rotatable bonds is 9. The molecule has 0 saturated carbocycles. The monoisotopic (exact) mass is 542 g/mol. The number of hydrogen-bond donors (Lipinski definition) is 5. The number of halogens is 2. The Labute approximate surface area is 195 Å². The molecule has 35 heavy (non-hydrogen) atoms. The largest absolute Gasteiger partial charge is 0.387 e. The minimum atomic E-state index is -4.92. The molecule has 0 aliphatic carbocycles. The Kier molecular flexibility index (Phi) is 7.97. The fraction of sp³-hybridized carbons (Fsp3) is 0.444. The van der Waals surface area contributed by atoms with Crippen LogP contribution in [0.3, 0.4) is 0 Å². The van der Waals surface area contributed by atoms with E-state index in [1.807, 2.05) is 0 Å². The van der Waals surface area contributed by atoms with Crippen LogP contribution in [0.1, 0.15) is 11.8 Å². The molecule has 0 spiro atoms. The van der Waals surface area contributed by atoms with Crippen molar-refractivity contribution >= 4 is 15.2 Å². The van der Waals surface area contributed by atoms with E-state index in [2.05, 4.69) is 4.52 Å². The quantitative estimate of drug-likeness (QED) is 0.262. The molecule has 3 rings (SSSR count). The van der Waals surface area contributed by atoms with E-state index in [4.69, 9.17) is 14.5 Å².